The molecule has 0 saturated heterocycles. The lowest BCUT2D eigenvalue weighted by atomic mass is 10.1. The molecular weight excluding hydrogens is 376 g/mol. The predicted octanol–water partition coefficient (Wildman–Crippen LogP) is 2.05. The summed E-state index contributed by atoms with van der Waals surface area (Å²) >= 11 is 5.97. The monoisotopic (exact) mass is 398 g/mol. The van der Waals surface area contributed by atoms with Crippen LogP contribution in [0.25, 0.3) is 0 Å². The molecule has 0 unspecified atom stereocenters. The Bertz CT molecular complexity index is 860. The molecule has 9 heteroatoms. The zero-order chi connectivity index (χ0) is 19.3. The minimum atomic E-state index is -3.67. The van der Waals surface area contributed by atoms with E-state index in [0.29, 0.717) is 29.4 Å². The molecule has 142 valence electrons. The van der Waals surface area contributed by atoms with Crippen molar-refractivity contribution >= 4 is 27.5 Å². The van der Waals surface area contributed by atoms with Crippen LogP contribution in [0.2, 0.25) is 5.02 Å². The zero-order valence-corrected chi connectivity index (χ0v) is 16.6. The minimum Gasteiger partial charge on any atom is -0.341 e. The molecule has 2 N–H and O–H groups in total. The third-order valence-corrected chi connectivity index (χ3v) is 5.97. The van der Waals surface area contributed by atoms with Gasteiger partial charge in [0.25, 0.3) is 0 Å². The number of rotatable bonds is 8. The molecule has 2 aromatic rings. The highest BCUT2D eigenvalue weighted by Crippen LogP contribution is 2.16. The Kier molecular flexibility index (Phi) is 6.80. The highest BCUT2D eigenvalue weighted by molar-refractivity contribution is 7.89. The van der Waals surface area contributed by atoms with Gasteiger partial charge < -0.3 is 4.90 Å². The Morgan fingerprint density at radius 1 is 1.31 bits per heavy atom. The normalized spacial score (nSPS) is 11.5. The molecule has 26 heavy (non-hydrogen) atoms. The van der Waals surface area contributed by atoms with Crippen molar-refractivity contribution in [1.29, 1.82) is 0 Å². The van der Waals surface area contributed by atoms with E-state index in [1.54, 1.807) is 24.8 Å². The van der Waals surface area contributed by atoms with Crippen molar-refractivity contribution in [3.63, 3.8) is 0 Å². The van der Waals surface area contributed by atoms with Crippen molar-refractivity contribution < 1.29 is 13.2 Å². The molecule has 0 bridgehead atoms. The fraction of sp³-hybridized carbons (Fsp3) is 0.412. The fourth-order valence-corrected chi connectivity index (χ4v) is 4.31. The SMILES string of the molecule is CC(=O)N(CCNS(=O)(=O)c1c(C)n[nH]c1C)CCc1cccc(Cl)c1. The van der Waals surface area contributed by atoms with E-state index >= 15 is 0 Å². The number of nitrogens with one attached hydrogen (secondary N) is 2. The van der Waals surface area contributed by atoms with Gasteiger partial charge >= 0.3 is 0 Å². The van der Waals surface area contributed by atoms with Gasteiger partial charge in [-0.2, -0.15) is 5.10 Å². The number of benzene rings is 1. The van der Waals surface area contributed by atoms with E-state index < -0.39 is 10.0 Å². The van der Waals surface area contributed by atoms with Crippen LogP contribution in [0.1, 0.15) is 23.9 Å². The van der Waals surface area contributed by atoms with Gasteiger partial charge in [-0.25, -0.2) is 13.1 Å². The molecule has 0 saturated carbocycles. The molecule has 0 atom stereocenters. The zero-order valence-electron chi connectivity index (χ0n) is 15.0. The largest absolute Gasteiger partial charge is 0.341 e. The first-order chi connectivity index (χ1) is 12.2. The molecule has 0 radical (unpaired) electrons. The summed E-state index contributed by atoms with van der Waals surface area (Å²) in [6.07, 6.45) is 0.646. The smallest absolute Gasteiger partial charge is 0.244 e. The summed E-state index contributed by atoms with van der Waals surface area (Å²) in [7, 11) is -3.67. The van der Waals surface area contributed by atoms with E-state index in [1.165, 1.54) is 6.92 Å². The number of aromatic nitrogens is 2. The number of amides is 1. The Labute approximate surface area is 158 Å². The molecule has 1 aromatic carbocycles. The molecule has 7 nitrogen and oxygen atoms in total. The summed E-state index contributed by atoms with van der Waals surface area (Å²) < 4.78 is 27.4. The summed E-state index contributed by atoms with van der Waals surface area (Å²) in [5.74, 6) is -0.109. The fourth-order valence-electron chi connectivity index (χ4n) is 2.71. The minimum absolute atomic E-state index is 0.109. The molecular formula is C17H23ClN4O3S. The third-order valence-electron chi connectivity index (χ3n) is 4.01. The number of carbonyl (C=O) groups excluding carboxylic acids is 1. The number of halogens is 1. The highest BCUT2D eigenvalue weighted by atomic mass is 35.5. The second-order valence-corrected chi connectivity index (χ2v) is 8.19. The Hall–Kier alpha value is -1.90. The number of H-pyrrole nitrogens is 1. The predicted molar refractivity (Wildman–Crippen MR) is 101 cm³/mol. The van der Waals surface area contributed by atoms with Crippen LogP contribution < -0.4 is 4.72 Å². The van der Waals surface area contributed by atoms with E-state index in [9.17, 15) is 13.2 Å². The van der Waals surface area contributed by atoms with Crippen LogP contribution in [0.3, 0.4) is 0 Å². The van der Waals surface area contributed by atoms with Gasteiger partial charge in [0, 0.05) is 31.6 Å². The van der Waals surface area contributed by atoms with Crippen LogP contribution >= 0.6 is 11.6 Å². The molecule has 0 spiro atoms. The first kappa shape index (κ1) is 20.4. The van der Waals surface area contributed by atoms with Gasteiger partial charge in [0.05, 0.1) is 11.4 Å². The molecule has 1 heterocycles. The summed E-state index contributed by atoms with van der Waals surface area (Å²) in [6, 6.07) is 7.45. The summed E-state index contributed by atoms with van der Waals surface area (Å²) in [4.78, 5) is 13.6. The molecule has 1 amide bonds. The topological polar surface area (TPSA) is 95.2 Å². The summed E-state index contributed by atoms with van der Waals surface area (Å²) in [5.41, 5.74) is 1.92. The quantitative estimate of drug-likeness (QED) is 0.711. The van der Waals surface area contributed by atoms with Gasteiger partial charge in [-0.15, -0.1) is 0 Å². The van der Waals surface area contributed by atoms with Crippen LogP contribution in [0, 0.1) is 13.8 Å². The Morgan fingerprint density at radius 2 is 2.04 bits per heavy atom. The standard InChI is InChI=1S/C17H23ClN4O3S/c1-12-17(13(2)21-20-12)26(24,25)19-8-10-22(14(3)23)9-7-15-5-4-6-16(18)11-15/h4-6,11,19H,7-10H2,1-3H3,(H,20,21). The summed E-state index contributed by atoms with van der Waals surface area (Å²) in [5, 5.41) is 7.21. The maximum atomic E-state index is 12.4. The van der Waals surface area contributed by atoms with E-state index in [-0.39, 0.29) is 23.9 Å². The van der Waals surface area contributed by atoms with Crippen molar-refractivity contribution in [1.82, 2.24) is 19.8 Å². The average Bonchev–Trinajstić information content (AvgIpc) is 2.89. The first-order valence-electron chi connectivity index (χ1n) is 8.22. The lowest BCUT2D eigenvalue weighted by Gasteiger charge is -2.21. The number of carbonyl (C=O) groups is 1. The van der Waals surface area contributed by atoms with Gasteiger partial charge in [0.15, 0.2) is 0 Å². The molecule has 0 aliphatic heterocycles. The van der Waals surface area contributed by atoms with Gasteiger partial charge in [-0.3, -0.25) is 9.89 Å². The molecule has 1 aromatic heterocycles. The van der Waals surface area contributed by atoms with Crippen molar-refractivity contribution in [2.75, 3.05) is 19.6 Å². The van der Waals surface area contributed by atoms with Crippen LogP contribution in [0.5, 0.6) is 0 Å². The average molecular weight is 399 g/mol. The van der Waals surface area contributed by atoms with Crippen LogP contribution in [0.4, 0.5) is 0 Å². The number of sulfonamides is 1. The van der Waals surface area contributed by atoms with Gasteiger partial charge in [-0.1, -0.05) is 23.7 Å². The molecule has 0 aliphatic carbocycles. The van der Waals surface area contributed by atoms with Crippen molar-refractivity contribution in [2.24, 2.45) is 0 Å². The number of nitrogens with zero attached hydrogens (tertiary/aromatic N) is 2. The van der Waals surface area contributed by atoms with Gasteiger partial charge in [-0.05, 0) is 38.0 Å². The van der Waals surface area contributed by atoms with Crippen molar-refractivity contribution in [2.45, 2.75) is 32.1 Å². The Morgan fingerprint density at radius 3 is 2.62 bits per heavy atom. The van der Waals surface area contributed by atoms with Gasteiger partial charge in [0.2, 0.25) is 15.9 Å². The van der Waals surface area contributed by atoms with Crippen molar-refractivity contribution in [3.05, 3.63) is 46.2 Å². The molecule has 0 aliphatic rings. The molecule has 2 rings (SSSR count). The van der Waals surface area contributed by atoms with Crippen molar-refractivity contribution in [3.8, 4) is 0 Å². The van der Waals surface area contributed by atoms with Crippen LogP contribution in [0.15, 0.2) is 29.2 Å². The van der Waals surface area contributed by atoms with Crippen LogP contribution in [-0.4, -0.2) is 49.1 Å². The van der Waals surface area contributed by atoms with Gasteiger partial charge in [0.1, 0.15) is 4.90 Å². The maximum Gasteiger partial charge on any atom is 0.244 e. The van der Waals surface area contributed by atoms with E-state index in [0.717, 1.165) is 5.56 Å². The lowest BCUT2D eigenvalue weighted by Crippen LogP contribution is -2.38. The molecule has 0 fully saturated rings. The first-order valence-corrected chi connectivity index (χ1v) is 10.1. The second-order valence-electron chi connectivity index (χ2n) is 6.05. The lowest BCUT2D eigenvalue weighted by molar-refractivity contribution is -0.128. The third kappa shape index (κ3) is 5.30. The van der Waals surface area contributed by atoms with Crippen LogP contribution in [-0.2, 0) is 21.2 Å². The Balaban J connectivity index is 1.93. The number of aromatic amines is 1. The second kappa shape index (κ2) is 8.66. The maximum absolute atomic E-state index is 12.4. The van der Waals surface area contributed by atoms with E-state index in [2.05, 4.69) is 14.9 Å². The summed E-state index contributed by atoms with van der Waals surface area (Å²) in [6.45, 7) is 5.65. The number of hydrogen-bond donors (Lipinski definition) is 2. The number of aryl methyl sites for hydroxylation is 2. The van der Waals surface area contributed by atoms with E-state index in [4.69, 9.17) is 11.6 Å². The highest BCUT2D eigenvalue weighted by Gasteiger charge is 2.22. The number of hydrogen-bond acceptors (Lipinski definition) is 4. The van der Waals surface area contributed by atoms with E-state index in [1.807, 2.05) is 18.2 Å².